The Labute approximate surface area is 214 Å². The van der Waals surface area contributed by atoms with Crippen molar-refractivity contribution in [2.24, 2.45) is 34.5 Å². The molecule has 0 radical (unpaired) electrons. The van der Waals surface area contributed by atoms with E-state index >= 15 is 0 Å². The summed E-state index contributed by atoms with van der Waals surface area (Å²) in [5.41, 5.74) is 1.74. The maximum absolute atomic E-state index is 12.1. The van der Waals surface area contributed by atoms with Gasteiger partial charge in [-0.15, -0.1) is 0 Å². The Morgan fingerprint density at radius 2 is 1.81 bits per heavy atom. The van der Waals surface area contributed by atoms with Gasteiger partial charge < -0.3 is 20.1 Å². The molecule has 4 aliphatic carbocycles. The summed E-state index contributed by atoms with van der Waals surface area (Å²) in [4.78, 5) is 23.8. The number of allylic oxidation sites excluding steroid dienone is 4. The molecule has 1 aliphatic heterocycles. The number of hydrogen-bond acceptors (Lipinski definition) is 5. The quantitative estimate of drug-likeness (QED) is 0.476. The third-order valence-corrected chi connectivity index (χ3v) is 11.4. The standard InChI is InChI=1S/C30H42O6/c1-27(2)21-7-8-22-18(14-17(21)6-9-25(32)36-27)10-12-29(4)23(11-13-28(22,29)3)20-15-19(16-24(20)31)30(5,35)26(33)34/h6,9,14,19-21,23-24,31,35H,7-8,10-13,15-16H2,1-5H3,(H,33,34)/t19-,20+,21-,23+,24-,28+,29-,30-/m1/s1. The molecule has 5 aliphatic rings. The fourth-order valence-electron chi connectivity index (χ4n) is 8.91. The largest absolute Gasteiger partial charge is 0.479 e. The molecule has 0 amide bonds. The molecule has 2 saturated carbocycles. The Morgan fingerprint density at radius 1 is 1.08 bits per heavy atom. The lowest BCUT2D eigenvalue weighted by molar-refractivity contribution is -0.162. The number of carbonyl (C=O) groups is 2. The highest BCUT2D eigenvalue weighted by Gasteiger charge is 2.62. The van der Waals surface area contributed by atoms with Gasteiger partial charge in [-0.2, -0.15) is 0 Å². The lowest BCUT2D eigenvalue weighted by Gasteiger charge is -2.52. The predicted octanol–water partition coefficient (Wildman–Crippen LogP) is 4.95. The minimum absolute atomic E-state index is 0.00350. The van der Waals surface area contributed by atoms with Crippen molar-refractivity contribution in [1.82, 2.24) is 0 Å². The van der Waals surface area contributed by atoms with Crippen molar-refractivity contribution in [2.45, 2.75) is 103 Å². The van der Waals surface area contributed by atoms with Crippen LogP contribution < -0.4 is 0 Å². The fourth-order valence-corrected chi connectivity index (χ4v) is 8.91. The lowest BCUT2D eigenvalue weighted by atomic mass is 9.52. The second kappa shape index (κ2) is 8.29. The summed E-state index contributed by atoms with van der Waals surface area (Å²) in [5, 5.41) is 31.3. The van der Waals surface area contributed by atoms with Crippen LogP contribution >= 0.6 is 0 Å². The number of cyclic esters (lactones) is 1. The normalized spacial score (nSPS) is 43.4. The summed E-state index contributed by atoms with van der Waals surface area (Å²) in [5.74, 6) is -1.48. The van der Waals surface area contributed by atoms with Crippen LogP contribution in [0.5, 0.6) is 0 Å². The molecule has 2 fully saturated rings. The van der Waals surface area contributed by atoms with Crippen molar-refractivity contribution in [3.05, 3.63) is 34.9 Å². The van der Waals surface area contributed by atoms with Crippen LogP contribution in [0.25, 0.3) is 0 Å². The van der Waals surface area contributed by atoms with Gasteiger partial charge >= 0.3 is 11.9 Å². The summed E-state index contributed by atoms with van der Waals surface area (Å²) in [7, 11) is 0. The van der Waals surface area contributed by atoms with Crippen molar-refractivity contribution >= 4 is 11.9 Å². The highest BCUT2D eigenvalue weighted by atomic mass is 16.6. The minimum Gasteiger partial charge on any atom is -0.479 e. The van der Waals surface area contributed by atoms with E-state index in [4.69, 9.17) is 4.74 Å². The van der Waals surface area contributed by atoms with Crippen LogP contribution in [-0.2, 0) is 14.3 Å². The number of carboxylic acid groups (broad SMARTS) is 1. The number of rotatable bonds is 3. The molecular weight excluding hydrogens is 456 g/mol. The molecule has 0 aromatic carbocycles. The maximum Gasteiger partial charge on any atom is 0.335 e. The molecule has 0 unspecified atom stereocenters. The maximum atomic E-state index is 12.1. The van der Waals surface area contributed by atoms with Gasteiger partial charge in [0, 0.05) is 17.9 Å². The molecule has 0 saturated heterocycles. The molecule has 0 aromatic heterocycles. The van der Waals surface area contributed by atoms with E-state index in [1.165, 1.54) is 23.6 Å². The van der Waals surface area contributed by atoms with E-state index in [0.717, 1.165) is 38.5 Å². The number of aliphatic hydroxyl groups is 2. The van der Waals surface area contributed by atoms with Gasteiger partial charge in [0.2, 0.25) is 0 Å². The molecular formula is C30H42O6. The fraction of sp³-hybridized carbons (Fsp3) is 0.733. The number of fused-ring (bicyclic) bond motifs is 3. The number of hydrogen-bond donors (Lipinski definition) is 3. The first-order chi connectivity index (χ1) is 16.7. The topological polar surface area (TPSA) is 104 Å². The van der Waals surface area contributed by atoms with Crippen LogP contribution in [0.15, 0.2) is 34.9 Å². The summed E-state index contributed by atoms with van der Waals surface area (Å²) in [6.45, 7) is 10.2. The van der Waals surface area contributed by atoms with Gasteiger partial charge in [-0.1, -0.05) is 31.6 Å². The van der Waals surface area contributed by atoms with Gasteiger partial charge in [0.25, 0.3) is 0 Å². The molecule has 198 valence electrons. The van der Waals surface area contributed by atoms with E-state index in [0.29, 0.717) is 18.8 Å². The Hall–Kier alpha value is -1.92. The van der Waals surface area contributed by atoms with Crippen LogP contribution in [0, 0.1) is 34.5 Å². The second-order valence-electron chi connectivity index (χ2n) is 13.3. The van der Waals surface area contributed by atoms with Crippen molar-refractivity contribution < 1.29 is 29.6 Å². The van der Waals surface area contributed by atoms with Crippen LogP contribution in [0.2, 0.25) is 0 Å². The molecule has 6 nitrogen and oxygen atoms in total. The predicted molar refractivity (Wildman–Crippen MR) is 136 cm³/mol. The average molecular weight is 499 g/mol. The molecule has 3 N–H and O–H groups in total. The SMILES string of the molecule is CC1(C)OC(=O)C=CC2=CC3=C(CC[C@H]21)[C@]1(C)CC[C@@H]([C@@H]2C[C@@H]([C@@](C)(O)C(=O)O)C[C@H]2O)[C@@]1(C)CC3. The van der Waals surface area contributed by atoms with Crippen LogP contribution in [0.1, 0.15) is 86.0 Å². The van der Waals surface area contributed by atoms with E-state index in [1.54, 1.807) is 6.08 Å². The van der Waals surface area contributed by atoms with Gasteiger partial charge in [-0.3, -0.25) is 0 Å². The number of carboxylic acids is 1. The number of esters is 1. The van der Waals surface area contributed by atoms with Gasteiger partial charge in [0.05, 0.1) is 6.10 Å². The molecule has 1 heterocycles. The average Bonchev–Trinajstić information content (AvgIpc) is 3.16. The van der Waals surface area contributed by atoms with E-state index in [9.17, 15) is 24.9 Å². The first kappa shape index (κ1) is 25.7. The molecule has 5 rings (SSSR count). The van der Waals surface area contributed by atoms with Gasteiger partial charge in [0.15, 0.2) is 5.60 Å². The molecule has 36 heavy (non-hydrogen) atoms. The highest BCUT2D eigenvalue weighted by molar-refractivity contribution is 5.83. The second-order valence-corrected chi connectivity index (χ2v) is 13.3. The van der Waals surface area contributed by atoms with Crippen LogP contribution in [-0.4, -0.2) is 44.6 Å². The number of aliphatic hydroxyl groups excluding tert-OH is 1. The van der Waals surface area contributed by atoms with E-state index < -0.39 is 29.2 Å². The van der Waals surface area contributed by atoms with Crippen molar-refractivity contribution in [1.29, 1.82) is 0 Å². The first-order valence-electron chi connectivity index (χ1n) is 13.7. The zero-order valence-electron chi connectivity index (χ0n) is 22.3. The van der Waals surface area contributed by atoms with E-state index in [1.807, 2.05) is 19.9 Å². The third kappa shape index (κ3) is 3.65. The smallest absolute Gasteiger partial charge is 0.335 e. The molecule has 0 bridgehead atoms. The zero-order chi connectivity index (χ0) is 26.3. The summed E-state index contributed by atoms with van der Waals surface area (Å²) in [6.07, 6.45) is 12.1. The van der Waals surface area contributed by atoms with Crippen molar-refractivity contribution in [2.75, 3.05) is 0 Å². The van der Waals surface area contributed by atoms with E-state index in [-0.39, 0.29) is 28.6 Å². The summed E-state index contributed by atoms with van der Waals surface area (Å²) < 4.78 is 5.78. The first-order valence-corrected chi connectivity index (χ1v) is 13.7. The lowest BCUT2D eigenvalue weighted by Crippen LogP contribution is -2.45. The van der Waals surface area contributed by atoms with Crippen molar-refractivity contribution in [3.8, 4) is 0 Å². The van der Waals surface area contributed by atoms with Crippen molar-refractivity contribution in [3.63, 3.8) is 0 Å². The molecule has 0 aromatic rings. The Balaban J connectivity index is 1.46. The van der Waals surface area contributed by atoms with Crippen LogP contribution in [0.4, 0.5) is 0 Å². The zero-order valence-corrected chi connectivity index (χ0v) is 22.3. The summed E-state index contributed by atoms with van der Waals surface area (Å²) in [6, 6.07) is 0. The monoisotopic (exact) mass is 498 g/mol. The molecule has 6 heteroatoms. The van der Waals surface area contributed by atoms with E-state index in [2.05, 4.69) is 19.9 Å². The van der Waals surface area contributed by atoms with Crippen LogP contribution in [0.3, 0.4) is 0 Å². The van der Waals surface area contributed by atoms with Gasteiger partial charge in [-0.25, -0.2) is 9.59 Å². The Morgan fingerprint density at radius 3 is 2.50 bits per heavy atom. The summed E-state index contributed by atoms with van der Waals surface area (Å²) >= 11 is 0. The number of ether oxygens (including phenoxy) is 1. The molecule has 8 atom stereocenters. The van der Waals surface area contributed by atoms with Gasteiger partial charge in [0.1, 0.15) is 5.60 Å². The molecule has 0 spiro atoms. The highest BCUT2D eigenvalue weighted by Crippen LogP contribution is 2.69. The number of carbonyl (C=O) groups excluding carboxylic acids is 1. The Kier molecular flexibility index (Phi) is 5.92. The Bertz CT molecular complexity index is 1060. The third-order valence-electron chi connectivity index (χ3n) is 11.4. The minimum atomic E-state index is -1.81. The number of aliphatic carboxylic acids is 1. The van der Waals surface area contributed by atoms with Gasteiger partial charge in [-0.05, 0) is 106 Å².